The molecule has 2 aromatic heterocycles. The highest BCUT2D eigenvalue weighted by molar-refractivity contribution is 5.84. The molecule has 1 unspecified atom stereocenters. The molecule has 0 aliphatic rings. The SMILES string of the molecule is CC(Nc1nc(NC(=O)O)c(Cc2ccc(O)cc2)cc1[N+](=O)[O-])c1cccnc1. The molecule has 154 valence electrons. The third-order valence-corrected chi connectivity index (χ3v) is 4.37. The van der Waals surface area contributed by atoms with Gasteiger partial charge in [0.15, 0.2) is 0 Å². The van der Waals surface area contributed by atoms with Crippen LogP contribution in [-0.2, 0) is 6.42 Å². The Hall–Kier alpha value is -4.21. The van der Waals surface area contributed by atoms with Gasteiger partial charge >= 0.3 is 11.8 Å². The Kier molecular flexibility index (Phi) is 6.06. The molecule has 1 atom stereocenters. The number of phenolic OH excluding ortho intramolecular Hbond substituents is 1. The van der Waals surface area contributed by atoms with E-state index in [1.54, 1.807) is 37.5 Å². The van der Waals surface area contributed by atoms with Crippen LogP contribution in [0.25, 0.3) is 0 Å². The number of amides is 1. The second-order valence-electron chi connectivity index (χ2n) is 6.55. The van der Waals surface area contributed by atoms with Crippen molar-refractivity contribution in [1.29, 1.82) is 0 Å². The number of hydrogen-bond acceptors (Lipinski definition) is 7. The highest BCUT2D eigenvalue weighted by atomic mass is 16.6. The summed E-state index contributed by atoms with van der Waals surface area (Å²) in [5, 5.41) is 35.4. The number of benzene rings is 1. The number of aromatic hydroxyl groups is 1. The van der Waals surface area contributed by atoms with E-state index in [4.69, 9.17) is 0 Å². The van der Waals surface area contributed by atoms with Crippen LogP contribution < -0.4 is 10.6 Å². The first-order valence-corrected chi connectivity index (χ1v) is 8.96. The molecule has 0 aliphatic heterocycles. The van der Waals surface area contributed by atoms with Gasteiger partial charge in [-0.05, 0) is 36.2 Å². The maximum Gasteiger partial charge on any atom is 0.410 e. The summed E-state index contributed by atoms with van der Waals surface area (Å²) < 4.78 is 0. The number of carboxylic acid groups (broad SMARTS) is 1. The summed E-state index contributed by atoms with van der Waals surface area (Å²) in [4.78, 5) is 30.6. The van der Waals surface area contributed by atoms with E-state index in [9.17, 15) is 25.1 Å². The minimum Gasteiger partial charge on any atom is -0.508 e. The third kappa shape index (κ3) is 4.98. The van der Waals surface area contributed by atoms with Crippen LogP contribution in [0, 0.1) is 10.1 Å². The van der Waals surface area contributed by atoms with Gasteiger partial charge in [-0.2, -0.15) is 0 Å². The number of anilines is 2. The summed E-state index contributed by atoms with van der Waals surface area (Å²) in [5.41, 5.74) is 1.56. The van der Waals surface area contributed by atoms with Crippen LogP contribution in [0.15, 0.2) is 54.9 Å². The molecule has 0 saturated carbocycles. The Morgan fingerprint density at radius 3 is 2.57 bits per heavy atom. The largest absolute Gasteiger partial charge is 0.508 e. The number of nitro groups is 1. The van der Waals surface area contributed by atoms with Crippen molar-refractivity contribution in [2.24, 2.45) is 0 Å². The minimum absolute atomic E-state index is 0.0120. The van der Waals surface area contributed by atoms with Crippen molar-refractivity contribution in [3.05, 3.63) is 81.7 Å². The van der Waals surface area contributed by atoms with Crippen molar-refractivity contribution in [1.82, 2.24) is 9.97 Å². The van der Waals surface area contributed by atoms with Crippen molar-refractivity contribution in [3.63, 3.8) is 0 Å². The number of phenols is 1. The molecule has 0 saturated heterocycles. The number of nitrogens with zero attached hydrogens (tertiary/aromatic N) is 3. The predicted molar refractivity (Wildman–Crippen MR) is 110 cm³/mol. The molecule has 0 spiro atoms. The number of pyridine rings is 2. The van der Waals surface area contributed by atoms with Crippen molar-refractivity contribution in [2.45, 2.75) is 19.4 Å². The van der Waals surface area contributed by atoms with Crippen LogP contribution in [0.4, 0.5) is 22.1 Å². The topological polar surface area (TPSA) is 151 Å². The van der Waals surface area contributed by atoms with Gasteiger partial charge in [-0.1, -0.05) is 18.2 Å². The van der Waals surface area contributed by atoms with E-state index >= 15 is 0 Å². The van der Waals surface area contributed by atoms with Crippen molar-refractivity contribution >= 4 is 23.4 Å². The van der Waals surface area contributed by atoms with Crippen molar-refractivity contribution < 1.29 is 19.9 Å². The van der Waals surface area contributed by atoms with Crippen molar-refractivity contribution in [3.8, 4) is 5.75 Å². The Morgan fingerprint density at radius 1 is 1.23 bits per heavy atom. The maximum absolute atomic E-state index is 11.7. The summed E-state index contributed by atoms with van der Waals surface area (Å²) >= 11 is 0. The van der Waals surface area contributed by atoms with E-state index in [1.807, 2.05) is 6.07 Å². The molecule has 10 heteroatoms. The Labute approximate surface area is 171 Å². The zero-order valence-corrected chi connectivity index (χ0v) is 15.9. The van der Waals surface area contributed by atoms with Crippen molar-refractivity contribution in [2.75, 3.05) is 10.6 Å². The van der Waals surface area contributed by atoms with E-state index in [0.717, 1.165) is 11.1 Å². The van der Waals surface area contributed by atoms with E-state index in [-0.39, 0.29) is 35.5 Å². The summed E-state index contributed by atoms with van der Waals surface area (Å²) in [6, 6.07) is 10.7. The molecule has 0 aliphatic carbocycles. The fourth-order valence-corrected chi connectivity index (χ4v) is 2.89. The molecule has 4 N–H and O–H groups in total. The lowest BCUT2D eigenvalue weighted by molar-refractivity contribution is -0.384. The minimum atomic E-state index is -1.34. The standard InChI is InChI=1S/C20H19N5O5/c1-12(14-3-2-8-21-11-14)22-19-17(25(29)30)10-15(18(23-19)24-20(27)28)9-13-4-6-16(26)7-5-13/h2-8,10-12,26H,9H2,1H3,(H,27,28)(H2,22,23,24). The first kappa shape index (κ1) is 20.5. The molecule has 10 nitrogen and oxygen atoms in total. The summed E-state index contributed by atoms with van der Waals surface area (Å²) in [7, 11) is 0. The lowest BCUT2D eigenvalue weighted by atomic mass is 10.0. The Balaban J connectivity index is 2.00. The molecular formula is C20H19N5O5. The van der Waals surface area contributed by atoms with Gasteiger partial charge in [0.25, 0.3) is 0 Å². The molecule has 3 aromatic rings. The van der Waals surface area contributed by atoms with Crippen LogP contribution >= 0.6 is 0 Å². The molecular weight excluding hydrogens is 390 g/mol. The number of nitrogens with one attached hydrogen (secondary N) is 2. The van der Waals surface area contributed by atoms with Crippen LogP contribution in [-0.4, -0.2) is 31.2 Å². The van der Waals surface area contributed by atoms with Gasteiger partial charge in [-0.25, -0.2) is 9.78 Å². The third-order valence-electron chi connectivity index (χ3n) is 4.37. The second-order valence-corrected chi connectivity index (χ2v) is 6.55. The molecule has 1 amide bonds. The first-order chi connectivity index (χ1) is 14.3. The van der Waals surface area contributed by atoms with Crippen LogP contribution in [0.2, 0.25) is 0 Å². The van der Waals surface area contributed by atoms with E-state index in [2.05, 4.69) is 20.6 Å². The predicted octanol–water partition coefficient (Wildman–Crippen LogP) is 3.94. The normalized spacial score (nSPS) is 11.5. The molecule has 0 radical (unpaired) electrons. The van der Waals surface area contributed by atoms with Crippen LogP contribution in [0.1, 0.15) is 29.7 Å². The monoisotopic (exact) mass is 409 g/mol. The summed E-state index contributed by atoms with van der Waals surface area (Å²) in [6.45, 7) is 1.79. The highest BCUT2D eigenvalue weighted by Crippen LogP contribution is 2.32. The van der Waals surface area contributed by atoms with E-state index in [1.165, 1.54) is 18.2 Å². The lowest BCUT2D eigenvalue weighted by Crippen LogP contribution is -2.15. The highest BCUT2D eigenvalue weighted by Gasteiger charge is 2.23. The zero-order chi connectivity index (χ0) is 21.7. The second kappa shape index (κ2) is 8.86. The zero-order valence-electron chi connectivity index (χ0n) is 15.9. The van der Waals surface area contributed by atoms with Crippen LogP contribution in [0.3, 0.4) is 0 Å². The number of hydrogen-bond donors (Lipinski definition) is 4. The fourth-order valence-electron chi connectivity index (χ4n) is 2.89. The average molecular weight is 409 g/mol. The Morgan fingerprint density at radius 2 is 1.97 bits per heavy atom. The summed E-state index contributed by atoms with van der Waals surface area (Å²) in [5.74, 6) is 0.00676. The molecule has 1 aromatic carbocycles. The van der Waals surface area contributed by atoms with Gasteiger partial charge in [0.1, 0.15) is 11.6 Å². The molecule has 2 heterocycles. The van der Waals surface area contributed by atoms with Gasteiger partial charge in [0, 0.05) is 30.4 Å². The summed E-state index contributed by atoms with van der Waals surface area (Å²) in [6.07, 6.45) is 2.08. The smallest absolute Gasteiger partial charge is 0.410 e. The van der Waals surface area contributed by atoms with E-state index < -0.39 is 11.0 Å². The van der Waals surface area contributed by atoms with E-state index in [0.29, 0.717) is 5.56 Å². The van der Waals surface area contributed by atoms with Gasteiger partial charge in [-0.3, -0.25) is 20.4 Å². The fraction of sp³-hybridized carbons (Fsp3) is 0.150. The van der Waals surface area contributed by atoms with Gasteiger partial charge < -0.3 is 15.5 Å². The molecule has 0 fully saturated rings. The first-order valence-electron chi connectivity index (χ1n) is 8.96. The maximum atomic E-state index is 11.7. The number of carbonyl (C=O) groups is 1. The number of aromatic nitrogens is 2. The molecule has 0 bridgehead atoms. The lowest BCUT2D eigenvalue weighted by Gasteiger charge is -2.17. The van der Waals surface area contributed by atoms with Gasteiger partial charge in [0.05, 0.1) is 11.0 Å². The quantitative estimate of drug-likeness (QED) is 0.338. The van der Waals surface area contributed by atoms with Crippen LogP contribution in [0.5, 0.6) is 5.75 Å². The Bertz CT molecular complexity index is 1060. The average Bonchev–Trinajstić information content (AvgIpc) is 2.71. The number of rotatable bonds is 7. The molecule has 3 rings (SSSR count). The van der Waals surface area contributed by atoms with Gasteiger partial charge in [-0.15, -0.1) is 0 Å². The van der Waals surface area contributed by atoms with Gasteiger partial charge in [0.2, 0.25) is 5.82 Å². The molecule has 30 heavy (non-hydrogen) atoms.